The topological polar surface area (TPSA) is 26.3 Å². The number of furan rings is 2. The fraction of sp³-hybridized carbons (Fsp3) is 0. The quantitative estimate of drug-likeness (QED) is 0.201. The van der Waals surface area contributed by atoms with Gasteiger partial charge in [0, 0.05) is 21.7 Å². The third-order valence-electron chi connectivity index (χ3n) is 9.24. The Hall–Kier alpha value is -5.86. The second-order valence-electron chi connectivity index (χ2n) is 11.7. The smallest absolute Gasteiger partial charge is 0.136 e. The normalized spacial score (nSPS) is 12.1. The summed E-state index contributed by atoms with van der Waals surface area (Å²) in [6.07, 6.45) is 0. The second-order valence-corrected chi connectivity index (χ2v) is 11.7. The fourth-order valence-electron chi connectivity index (χ4n) is 7.15. The monoisotopic (exact) mass is 560 g/mol. The maximum atomic E-state index is 6.36. The highest BCUT2D eigenvalue weighted by Crippen LogP contribution is 2.43. The lowest BCUT2D eigenvalue weighted by Gasteiger charge is -2.16. The predicted molar refractivity (Wildman–Crippen MR) is 184 cm³/mol. The SMILES string of the molecule is c1ccc(-c2ccc3ccc4c(-c5ccc6oc(-c7ccc8c(c7)oc7ccccc78)cc6c5)ccc5ccc2c3c54)cc1. The minimum atomic E-state index is 0.836. The van der Waals surface area contributed by atoms with Gasteiger partial charge in [-0.15, -0.1) is 0 Å². The molecule has 0 saturated carbocycles. The third-order valence-corrected chi connectivity index (χ3v) is 9.24. The summed E-state index contributed by atoms with van der Waals surface area (Å²) in [5.74, 6) is 0.836. The van der Waals surface area contributed by atoms with Crippen LogP contribution in [0.25, 0.3) is 98.8 Å². The third kappa shape index (κ3) is 3.37. The number of benzene rings is 8. The zero-order chi connectivity index (χ0) is 28.8. The molecule has 0 aliphatic heterocycles. The highest BCUT2D eigenvalue weighted by Gasteiger charge is 2.16. The molecule has 2 heterocycles. The Kier molecular flexibility index (Phi) is 4.75. The lowest BCUT2D eigenvalue weighted by atomic mass is 9.87. The Labute approximate surface area is 252 Å². The van der Waals surface area contributed by atoms with E-state index in [1.165, 1.54) is 54.6 Å². The minimum Gasteiger partial charge on any atom is -0.456 e. The molecule has 10 rings (SSSR count). The van der Waals surface area contributed by atoms with E-state index in [2.05, 4.69) is 127 Å². The first kappa shape index (κ1) is 23.7. The van der Waals surface area contributed by atoms with Crippen LogP contribution < -0.4 is 0 Å². The van der Waals surface area contributed by atoms with Crippen molar-refractivity contribution in [3.63, 3.8) is 0 Å². The molecule has 44 heavy (non-hydrogen) atoms. The van der Waals surface area contributed by atoms with Gasteiger partial charge in [0.1, 0.15) is 22.5 Å². The Bertz CT molecular complexity index is 2710. The van der Waals surface area contributed by atoms with Gasteiger partial charge in [0.15, 0.2) is 0 Å². The van der Waals surface area contributed by atoms with Crippen LogP contribution in [0, 0.1) is 0 Å². The zero-order valence-corrected chi connectivity index (χ0v) is 23.7. The summed E-state index contributed by atoms with van der Waals surface area (Å²) in [6.45, 7) is 0. The highest BCUT2D eigenvalue weighted by molar-refractivity contribution is 6.27. The number of hydrogen-bond donors (Lipinski definition) is 0. The second kappa shape index (κ2) is 8.82. The molecular weight excluding hydrogens is 536 g/mol. The summed E-state index contributed by atoms with van der Waals surface area (Å²) in [7, 11) is 0. The van der Waals surface area contributed by atoms with Gasteiger partial charge in [-0.25, -0.2) is 0 Å². The van der Waals surface area contributed by atoms with Crippen molar-refractivity contribution >= 4 is 65.2 Å². The zero-order valence-electron chi connectivity index (χ0n) is 23.7. The van der Waals surface area contributed by atoms with E-state index in [4.69, 9.17) is 8.83 Å². The maximum absolute atomic E-state index is 6.36. The van der Waals surface area contributed by atoms with Crippen LogP contribution in [0.4, 0.5) is 0 Å². The van der Waals surface area contributed by atoms with Crippen LogP contribution in [0.5, 0.6) is 0 Å². The molecule has 2 heteroatoms. The van der Waals surface area contributed by atoms with E-state index in [-0.39, 0.29) is 0 Å². The molecule has 0 unspecified atom stereocenters. The first-order valence-electron chi connectivity index (χ1n) is 15.0. The number of para-hydroxylation sites is 1. The van der Waals surface area contributed by atoms with Gasteiger partial charge in [-0.3, -0.25) is 0 Å². The van der Waals surface area contributed by atoms with Gasteiger partial charge < -0.3 is 8.83 Å². The van der Waals surface area contributed by atoms with Gasteiger partial charge in [-0.2, -0.15) is 0 Å². The lowest BCUT2D eigenvalue weighted by molar-refractivity contribution is 0.630. The van der Waals surface area contributed by atoms with E-state index in [0.29, 0.717) is 0 Å². The van der Waals surface area contributed by atoms with Crippen molar-refractivity contribution in [1.29, 1.82) is 0 Å². The lowest BCUT2D eigenvalue weighted by Crippen LogP contribution is -1.89. The molecule has 0 aliphatic rings. The van der Waals surface area contributed by atoms with E-state index in [9.17, 15) is 0 Å². The molecule has 8 aromatic carbocycles. The number of rotatable bonds is 3. The molecule has 0 bridgehead atoms. The van der Waals surface area contributed by atoms with Crippen molar-refractivity contribution in [2.24, 2.45) is 0 Å². The molecule has 0 aliphatic carbocycles. The van der Waals surface area contributed by atoms with Crippen molar-refractivity contribution in [3.8, 4) is 33.6 Å². The highest BCUT2D eigenvalue weighted by atomic mass is 16.3. The van der Waals surface area contributed by atoms with Crippen molar-refractivity contribution in [2.75, 3.05) is 0 Å². The molecule has 0 saturated heterocycles. The summed E-state index contributed by atoms with van der Waals surface area (Å²) in [6, 6.07) is 52.0. The van der Waals surface area contributed by atoms with E-state index < -0.39 is 0 Å². The van der Waals surface area contributed by atoms with Gasteiger partial charge in [-0.05, 0) is 91.0 Å². The average molecular weight is 561 g/mol. The molecule has 0 fully saturated rings. The Morgan fingerprint density at radius 3 is 1.75 bits per heavy atom. The van der Waals surface area contributed by atoms with Crippen molar-refractivity contribution < 1.29 is 8.83 Å². The first-order valence-corrected chi connectivity index (χ1v) is 15.0. The van der Waals surface area contributed by atoms with Crippen molar-refractivity contribution in [2.45, 2.75) is 0 Å². The van der Waals surface area contributed by atoms with Crippen molar-refractivity contribution in [1.82, 2.24) is 0 Å². The van der Waals surface area contributed by atoms with Crippen LogP contribution in [-0.2, 0) is 0 Å². The molecule has 10 aromatic rings. The van der Waals surface area contributed by atoms with Crippen molar-refractivity contribution in [3.05, 3.63) is 146 Å². The average Bonchev–Trinajstić information content (AvgIpc) is 3.68. The molecule has 2 aromatic heterocycles. The van der Waals surface area contributed by atoms with Crippen LogP contribution in [0.15, 0.2) is 154 Å². The van der Waals surface area contributed by atoms with Crippen LogP contribution in [0.2, 0.25) is 0 Å². The summed E-state index contributed by atoms with van der Waals surface area (Å²) in [5.41, 5.74) is 8.57. The molecule has 0 N–H and O–H groups in total. The predicted octanol–water partition coefficient (Wildman–Crippen LogP) is 12.2. The molecule has 0 atom stereocenters. The van der Waals surface area contributed by atoms with E-state index in [0.717, 1.165) is 44.2 Å². The maximum Gasteiger partial charge on any atom is 0.136 e. The van der Waals surface area contributed by atoms with Gasteiger partial charge in [-0.1, -0.05) is 109 Å². The molecule has 0 radical (unpaired) electrons. The van der Waals surface area contributed by atoms with Crippen LogP contribution >= 0.6 is 0 Å². The van der Waals surface area contributed by atoms with Crippen LogP contribution in [0.1, 0.15) is 0 Å². The van der Waals surface area contributed by atoms with E-state index >= 15 is 0 Å². The summed E-state index contributed by atoms with van der Waals surface area (Å²) < 4.78 is 12.5. The summed E-state index contributed by atoms with van der Waals surface area (Å²) >= 11 is 0. The number of hydrogen-bond acceptors (Lipinski definition) is 2. The van der Waals surface area contributed by atoms with Crippen LogP contribution in [0.3, 0.4) is 0 Å². The van der Waals surface area contributed by atoms with Gasteiger partial charge in [0.2, 0.25) is 0 Å². The molecule has 2 nitrogen and oxygen atoms in total. The van der Waals surface area contributed by atoms with Gasteiger partial charge in [0.25, 0.3) is 0 Å². The minimum absolute atomic E-state index is 0.836. The Morgan fingerprint density at radius 1 is 0.318 bits per heavy atom. The standard InChI is InChI=1S/C42H24O2/c1-2-6-25(7-3-1)31-16-10-26-13-20-36-32(17-11-27-12-19-35(31)41(26)42(27)36)28-15-21-37-30(22-28)24-39(43-37)29-14-18-34-33-8-4-5-9-38(33)44-40(34)23-29/h1-24H. The number of fused-ring (bicyclic) bond motifs is 4. The summed E-state index contributed by atoms with van der Waals surface area (Å²) in [5, 5.41) is 11.1. The fourth-order valence-corrected chi connectivity index (χ4v) is 7.15. The van der Waals surface area contributed by atoms with Gasteiger partial charge >= 0.3 is 0 Å². The van der Waals surface area contributed by atoms with Crippen LogP contribution in [-0.4, -0.2) is 0 Å². The van der Waals surface area contributed by atoms with E-state index in [1.807, 2.05) is 18.2 Å². The molecule has 0 spiro atoms. The molecule has 0 amide bonds. The molecular formula is C42H24O2. The Balaban J connectivity index is 1.12. The summed E-state index contributed by atoms with van der Waals surface area (Å²) in [4.78, 5) is 0. The van der Waals surface area contributed by atoms with E-state index in [1.54, 1.807) is 0 Å². The first-order chi connectivity index (χ1) is 21.8. The largest absolute Gasteiger partial charge is 0.456 e. The molecule has 204 valence electrons. The van der Waals surface area contributed by atoms with Gasteiger partial charge in [0.05, 0.1) is 0 Å². The Morgan fingerprint density at radius 2 is 0.955 bits per heavy atom.